The summed E-state index contributed by atoms with van der Waals surface area (Å²) in [5, 5.41) is 0. The molecule has 1 aliphatic rings. The molecule has 0 spiro atoms. The zero-order valence-corrected chi connectivity index (χ0v) is 19.9. The van der Waals surface area contributed by atoms with Crippen LogP contribution in [0.4, 0.5) is 4.39 Å². The number of benzene rings is 2. The summed E-state index contributed by atoms with van der Waals surface area (Å²) < 4.78 is 31.0. The molecule has 5 nitrogen and oxygen atoms in total. The van der Waals surface area contributed by atoms with Gasteiger partial charge in [0.05, 0.1) is 5.92 Å². The van der Waals surface area contributed by atoms with E-state index in [0.717, 1.165) is 5.56 Å². The molecule has 2 aromatic rings. The van der Waals surface area contributed by atoms with Gasteiger partial charge in [0, 0.05) is 0 Å². The largest absolute Gasteiger partial charge is 0.458 e. The second-order valence-corrected chi connectivity index (χ2v) is 9.91. The van der Waals surface area contributed by atoms with E-state index < -0.39 is 46.7 Å². The molecule has 0 amide bonds. The molecule has 0 saturated heterocycles. The number of esters is 2. The van der Waals surface area contributed by atoms with E-state index in [4.69, 9.17) is 14.2 Å². The standard InChI is InChI=1S/C27H31FO5/c1-17(18-11-10-14-20(15-18)32-19-12-8-7-9-13-19)31-25(30)23-21(27(23,5)6)16-22(28)24(29)33-26(2,3)4/h7-17,21,23H,1-6H3/t17-,21+,23+/m1/s1. The highest BCUT2D eigenvalue weighted by Crippen LogP contribution is 2.60. The number of carbonyl (C=O) groups is 2. The fourth-order valence-corrected chi connectivity index (χ4v) is 3.76. The SMILES string of the molecule is C[C@@H](OC(=O)[C@@H]1[C@H](C=C(F)C(=O)OC(C)(C)C)C1(C)C)c1cccc(Oc2ccccc2)c1. The summed E-state index contributed by atoms with van der Waals surface area (Å²) in [6, 6.07) is 16.7. The maximum Gasteiger partial charge on any atom is 0.367 e. The molecule has 0 bridgehead atoms. The lowest BCUT2D eigenvalue weighted by molar-refractivity contribution is -0.152. The smallest absolute Gasteiger partial charge is 0.367 e. The summed E-state index contributed by atoms with van der Waals surface area (Å²) in [5.74, 6) is -2.10. The van der Waals surface area contributed by atoms with E-state index in [1.54, 1.807) is 27.7 Å². The molecule has 1 fully saturated rings. The molecule has 0 N–H and O–H groups in total. The molecule has 1 aliphatic carbocycles. The van der Waals surface area contributed by atoms with Crippen LogP contribution in [-0.4, -0.2) is 17.5 Å². The number of hydrogen-bond acceptors (Lipinski definition) is 5. The number of carbonyl (C=O) groups excluding carboxylic acids is 2. The number of allylic oxidation sites excluding steroid dienone is 1. The molecule has 176 valence electrons. The van der Waals surface area contributed by atoms with E-state index in [0.29, 0.717) is 11.5 Å². The van der Waals surface area contributed by atoms with E-state index >= 15 is 0 Å². The molecule has 2 aromatic carbocycles. The van der Waals surface area contributed by atoms with Crippen molar-refractivity contribution >= 4 is 11.9 Å². The van der Waals surface area contributed by atoms with Crippen molar-refractivity contribution in [1.29, 1.82) is 0 Å². The van der Waals surface area contributed by atoms with Gasteiger partial charge in [-0.2, -0.15) is 4.39 Å². The summed E-state index contributed by atoms with van der Waals surface area (Å²) in [6.45, 7) is 10.5. The Morgan fingerprint density at radius 1 is 1.03 bits per heavy atom. The third kappa shape index (κ3) is 6.21. The van der Waals surface area contributed by atoms with Crippen LogP contribution in [0.5, 0.6) is 11.5 Å². The second-order valence-electron chi connectivity index (χ2n) is 9.91. The maximum absolute atomic E-state index is 14.4. The van der Waals surface area contributed by atoms with Gasteiger partial charge >= 0.3 is 11.9 Å². The molecule has 0 heterocycles. The van der Waals surface area contributed by atoms with Crippen LogP contribution in [0, 0.1) is 17.3 Å². The van der Waals surface area contributed by atoms with Gasteiger partial charge in [-0.25, -0.2) is 4.79 Å². The molecule has 1 saturated carbocycles. The van der Waals surface area contributed by atoms with E-state index in [2.05, 4.69) is 0 Å². The van der Waals surface area contributed by atoms with E-state index in [1.807, 2.05) is 68.4 Å². The Balaban J connectivity index is 1.64. The van der Waals surface area contributed by atoms with Gasteiger partial charge < -0.3 is 14.2 Å². The van der Waals surface area contributed by atoms with Crippen LogP contribution in [0.25, 0.3) is 0 Å². The van der Waals surface area contributed by atoms with Crippen molar-refractivity contribution in [2.45, 2.75) is 53.2 Å². The first-order valence-electron chi connectivity index (χ1n) is 11.0. The average molecular weight is 455 g/mol. The summed E-state index contributed by atoms with van der Waals surface area (Å²) >= 11 is 0. The number of halogens is 1. The Kier molecular flexibility index (Phi) is 6.96. The molecule has 3 rings (SSSR count). The molecule has 0 unspecified atom stereocenters. The quantitative estimate of drug-likeness (QED) is 0.351. The van der Waals surface area contributed by atoms with Crippen LogP contribution in [0.1, 0.15) is 53.2 Å². The van der Waals surface area contributed by atoms with Gasteiger partial charge in [-0.3, -0.25) is 4.79 Å². The predicted molar refractivity (Wildman–Crippen MR) is 123 cm³/mol. The lowest BCUT2D eigenvalue weighted by atomic mass is 10.1. The predicted octanol–water partition coefficient (Wildman–Crippen LogP) is 6.55. The molecule has 0 radical (unpaired) electrons. The van der Waals surface area contributed by atoms with Crippen LogP contribution in [-0.2, 0) is 19.1 Å². The van der Waals surface area contributed by atoms with Gasteiger partial charge in [0.2, 0.25) is 5.83 Å². The van der Waals surface area contributed by atoms with Crippen molar-refractivity contribution in [1.82, 2.24) is 0 Å². The third-order valence-corrected chi connectivity index (χ3v) is 5.68. The maximum atomic E-state index is 14.4. The normalized spacial score (nSPS) is 20.5. The van der Waals surface area contributed by atoms with Crippen LogP contribution in [0.15, 0.2) is 66.5 Å². The van der Waals surface area contributed by atoms with Crippen LogP contribution < -0.4 is 4.74 Å². The van der Waals surface area contributed by atoms with Crippen molar-refractivity contribution < 1.29 is 28.2 Å². The summed E-state index contributed by atoms with van der Waals surface area (Å²) in [5.41, 5.74) is -0.537. The molecular formula is C27H31FO5. The van der Waals surface area contributed by atoms with Gasteiger partial charge in [0.15, 0.2) is 0 Å². The number of ether oxygens (including phenoxy) is 3. The second kappa shape index (κ2) is 9.38. The first-order valence-corrected chi connectivity index (χ1v) is 11.0. The summed E-state index contributed by atoms with van der Waals surface area (Å²) in [7, 11) is 0. The molecule has 3 atom stereocenters. The third-order valence-electron chi connectivity index (χ3n) is 5.68. The summed E-state index contributed by atoms with van der Waals surface area (Å²) in [4.78, 5) is 24.8. The van der Waals surface area contributed by atoms with Gasteiger partial charge in [-0.05, 0) is 74.9 Å². The Hall–Kier alpha value is -3.15. The number of para-hydroxylation sites is 1. The lowest BCUT2D eigenvalue weighted by Gasteiger charge is -2.18. The highest BCUT2D eigenvalue weighted by atomic mass is 19.1. The zero-order valence-electron chi connectivity index (χ0n) is 19.9. The minimum Gasteiger partial charge on any atom is -0.458 e. The fourth-order valence-electron chi connectivity index (χ4n) is 3.76. The van der Waals surface area contributed by atoms with Crippen molar-refractivity contribution in [2.75, 3.05) is 0 Å². The number of hydrogen-bond donors (Lipinski definition) is 0. The van der Waals surface area contributed by atoms with E-state index in [1.165, 1.54) is 6.08 Å². The van der Waals surface area contributed by atoms with Crippen molar-refractivity contribution in [2.24, 2.45) is 17.3 Å². The molecule has 33 heavy (non-hydrogen) atoms. The average Bonchev–Trinajstić information content (AvgIpc) is 3.27. The van der Waals surface area contributed by atoms with Crippen molar-refractivity contribution in [3.8, 4) is 11.5 Å². The molecular weight excluding hydrogens is 423 g/mol. The Morgan fingerprint density at radius 2 is 1.67 bits per heavy atom. The monoisotopic (exact) mass is 454 g/mol. The minimum atomic E-state index is -1.03. The van der Waals surface area contributed by atoms with E-state index in [9.17, 15) is 14.0 Å². The van der Waals surface area contributed by atoms with Gasteiger partial charge in [-0.15, -0.1) is 0 Å². The Morgan fingerprint density at radius 3 is 2.30 bits per heavy atom. The first kappa shape index (κ1) is 24.5. The summed E-state index contributed by atoms with van der Waals surface area (Å²) in [6.07, 6.45) is 0.660. The zero-order chi connectivity index (χ0) is 24.4. The highest BCUT2D eigenvalue weighted by Gasteiger charge is 2.62. The fraction of sp³-hybridized carbons (Fsp3) is 0.407. The van der Waals surface area contributed by atoms with Crippen LogP contribution in [0.2, 0.25) is 0 Å². The Labute approximate surface area is 194 Å². The van der Waals surface area contributed by atoms with E-state index in [-0.39, 0.29) is 0 Å². The van der Waals surface area contributed by atoms with Crippen molar-refractivity contribution in [3.63, 3.8) is 0 Å². The van der Waals surface area contributed by atoms with Gasteiger partial charge in [0.25, 0.3) is 0 Å². The van der Waals surface area contributed by atoms with Crippen molar-refractivity contribution in [3.05, 3.63) is 72.1 Å². The van der Waals surface area contributed by atoms with Gasteiger partial charge in [-0.1, -0.05) is 44.2 Å². The highest BCUT2D eigenvalue weighted by molar-refractivity contribution is 5.87. The molecule has 6 heteroatoms. The Bertz CT molecular complexity index is 1040. The van der Waals surface area contributed by atoms with Crippen LogP contribution in [0.3, 0.4) is 0 Å². The van der Waals surface area contributed by atoms with Gasteiger partial charge in [0.1, 0.15) is 23.2 Å². The molecule has 0 aromatic heterocycles. The van der Waals surface area contributed by atoms with Crippen LogP contribution >= 0.6 is 0 Å². The lowest BCUT2D eigenvalue weighted by Crippen LogP contribution is -2.24. The topological polar surface area (TPSA) is 61.8 Å². The number of rotatable bonds is 7. The molecule has 0 aliphatic heterocycles. The minimum absolute atomic E-state index is 0.430. The first-order chi connectivity index (χ1) is 15.4.